The van der Waals surface area contributed by atoms with Crippen molar-refractivity contribution in [2.45, 2.75) is 57.9 Å². The van der Waals surface area contributed by atoms with Crippen molar-refractivity contribution in [3.63, 3.8) is 0 Å². The first-order valence-corrected chi connectivity index (χ1v) is 10.4. The van der Waals surface area contributed by atoms with Crippen LogP contribution in [0.25, 0.3) is 0 Å². The van der Waals surface area contributed by atoms with E-state index in [4.69, 9.17) is 0 Å². The van der Waals surface area contributed by atoms with Crippen LogP contribution in [0.15, 0.2) is 17.1 Å². The Morgan fingerprint density at radius 1 is 1.08 bits per heavy atom. The van der Waals surface area contributed by atoms with E-state index in [1.54, 1.807) is 4.57 Å². The third-order valence-electron chi connectivity index (χ3n) is 6.44. The second-order valence-electron chi connectivity index (χ2n) is 8.39. The van der Waals surface area contributed by atoms with Gasteiger partial charge in [0.1, 0.15) is 5.56 Å². The summed E-state index contributed by atoms with van der Waals surface area (Å²) >= 11 is 0. The van der Waals surface area contributed by atoms with E-state index < -0.39 is 0 Å². The fourth-order valence-electron chi connectivity index (χ4n) is 4.50. The molecule has 2 aliphatic heterocycles. The Morgan fingerprint density at radius 2 is 1.77 bits per heavy atom. The molecule has 0 N–H and O–H groups in total. The molecular formula is C21H31N3O2. The van der Waals surface area contributed by atoms with E-state index in [0.717, 1.165) is 50.3 Å². The van der Waals surface area contributed by atoms with Gasteiger partial charge in [-0.25, -0.2) is 0 Å². The monoisotopic (exact) mass is 357 g/mol. The van der Waals surface area contributed by atoms with Gasteiger partial charge in [-0.2, -0.15) is 0 Å². The molecule has 0 atom stereocenters. The van der Waals surface area contributed by atoms with Crippen LogP contribution in [0.1, 0.15) is 66.9 Å². The lowest BCUT2D eigenvalue weighted by atomic mass is 9.93. The number of carbonyl (C=O) groups is 1. The van der Waals surface area contributed by atoms with Gasteiger partial charge in [-0.05, 0) is 89.1 Å². The van der Waals surface area contributed by atoms with Gasteiger partial charge in [0.05, 0.1) is 0 Å². The minimum Gasteiger partial charge on any atom is -0.338 e. The lowest BCUT2D eigenvalue weighted by Crippen LogP contribution is -2.42. The highest BCUT2D eigenvalue weighted by Gasteiger charge is 2.30. The first kappa shape index (κ1) is 17.8. The molecule has 0 bridgehead atoms. The van der Waals surface area contributed by atoms with Crippen molar-refractivity contribution in [3.8, 4) is 0 Å². The van der Waals surface area contributed by atoms with Gasteiger partial charge in [-0.1, -0.05) is 0 Å². The molecule has 3 fully saturated rings. The van der Waals surface area contributed by atoms with E-state index >= 15 is 0 Å². The Balaban J connectivity index is 1.36. The molecule has 1 aromatic rings. The van der Waals surface area contributed by atoms with Gasteiger partial charge < -0.3 is 14.4 Å². The molecule has 1 amide bonds. The predicted molar refractivity (Wildman–Crippen MR) is 103 cm³/mol. The Morgan fingerprint density at radius 3 is 2.42 bits per heavy atom. The summed E-state index contributed by atoms with van der Waals surface area (Å²) in [5, 5.41) is 0. The summed E-state index contributed by atoms with van der Waals surface area (Å²) in [6, 6.07) is 2.24. The summed E-state index contributed by atoms with van der Waals surface area (Å²) in [5.41, 5.74) is 1.12. The number of pyridine rings is 1. The van der Waals surface area contributed by atoms with Gasteiger partial charge in [-0.3, -0.25) is 9.59 Å². The van der Waals surface area contributed by atoms with Crippen LogP contribution in [-0.4, -0.2) is 53.0 Å². The van der Waals surface area contributed by atoms with Gasteiger partial charge in [0.25, 0.3) is 11.5 Å². The Bertz CT molecular complexity index is 708. The van der Waals surface area contributed by atoms with Crippen molar-refractivity contribution in [1.29, 1.82) is 0 Å². The molecule has 142 valence electrons. The van der Waals surface area contributed by atoms with E-state index in [9.17, 15) is 9.59 Å². The third-order valence-corrected chi connectivity index (χ3v) is 6.44. The molecule has 0 radical (unpaired) electrons. The zero-order chi connectivity index (χ0) is 18.1. The van der Waals surface area contributed by atoms with Crippen LogP contribution in [0, 0.1) is 12.8 Å². The van der Waals surface area contributed by atoms with Gasteiger partial charge in [0.2, 0.25) is 0 Å². The summed E-state index contributed by atoms with van der Waals surface area (Å²) in [6.07, 6.45) is 10.1. The van der Waals surface area contributed by atoms with Crippen molar-refractivity contribution >= 4 is 5.91 Å². The van der Waals surface area contributed by atoms with Crippen molar-refractivity contribution in [2.75, 3.05) is 32.7 Å². The highest BCUT2D eigenvalue weighted by atomic mass is 16.2. The molecule has 1 saturated carbocycles. The van der Waals surface area contributed by atoms with Crippen LogP contribution < -0.4 is 5.56 Å². The molecule has 5 nitrogen and oxygen atoms in total. The second-order valence-corrected chi connectivity index (χ2v) is 8.39. The van der Waals surface area contributed by atoms with Gasteiger partial charge in [-0.15, -0.1) is 0 Å². The first-order valence-electron chi connectivity index (χ1n) is 10.4. The number of nitrogens with zero attached hydrogens (tertiary/aromatic N) is 3. The molecule has 0 spiro atoms. The summed E-state index contributed by atoms with van der Waals surface area (Å²) in [6.45, 7) is 7.20. The van der Waals surface area contributed by atoms with Gasteiger partial charge in [0, 0.05) is 25.3 Å². The normalized spacial score (nSPS) is 22.1. The topological polar surface area (TPSA) is 45.6 Å². The fraction of sp³-hybridized carbons (Fsp3) is 0.714. The van der Waals surface area contributed by atoms with Crippen LogP contribution in [0.4, 0.5) is 0 Å². The lowest BCUT2D eigenvalue weighted by molar-refractivity contribution is 0.0679. The third kappa shape index (κ3) is 3.73. The SMILES string of the molecule is Cc1ccn(C2CC2)c(=O)c1C(=O)N1CCC(CCN2CCCC2)CC1. The molecule has 1 aliphatic carbocycles. The minimum absolute atomic E-state index is 0.0551. The lowest BCUT2D eigenvalue weighted by Gasteiger charge is -2.33. The molecule has 2 saturated heterocycles. The van der Waals surface area contributed by atoms with E-state index in [1.165, 1.54) is 38.9 Å². The number of amides is 1. The van der Waals surface area contributed by atoms with Crippen LogP contribution in [0.2, 0.25) is 0 Å². The number of aryl methyl sites for hydroxylation is 1. The minimum atomic E-state index is -0.0892. The Labute approximate surface area is 156 Å². The molecule has 1 aromatic heterocycles. The quantitative estimate of drug-likeness (QED) is 0.814. The average molecular weight is 357 g/mol. The van der Waals surface area contributed by atoms with Crippen molar-refractivity contribution < 1.29 is 4.79 Å². The van der Waals surface area contributed by atoms with E-state index in [2.05, 4.69) is 4.90 Å². The Kier molecular flexibility index (Phi) is 5.16. The second kappa shape index (κ2) is 7.55. The molecule has 5 heteroatoms. The molecular weight excluding hydrogens is 326 g/mol. The maximum Gasteiger partial charge on any atom is 0.263 e. The molecule has 3 heterocycles. The van der Waals surface area contributed by atoms with Crippen LogP contribution in [0.3, 0.4) is 0 Å². The summed E-state index contributed by atoms with van der Waals surface area (Å²) in [5.74, 6) is 0.667. The van der Waals surface area contributed by atoms with Crippen molar-refractivity contribution in [1.82, 2.24) is 14.4 Å². The summed E-state index contributed by atoms with van der Waals surface area (Å²) in [4.78, 5) is 30.3. The van der Waals surface area contributed by atoms with E-state index in [1.807, 2.05) is 24.1 Å². The van der Waals surface area contributed by atoms with E-state index in [-0.39, 0.29) is 11.5 Å². The number of rotatable bonds is 5. The first-order chi connectivity index (χ1) is 12.6. The number of hydrogen-bond acceptors (Lipinski definition) is 3. The maximum absolute atomic E-state index is 13.0. The largest absolute Gasteiger partial charge is 0.338 e. The van der Waals surface area contributed by atoms with Crippen LogP contribution in [0.5, 0.6) is 0 Å². The van der Waals surface area contributed by atoms with Gasteiger partial charge >= 0.3 is 0 Å². The fourth-order valence-corrected chi connectivity index (χ4v) is 4.50. The molecule has 0 aromatic carbocycles. The highest BCUT2D eigenvalue weighted by Crippen LogP contribution is 2.33. The zero-order valence-electron chi connectivity index (χ0n) is 16.0. The average Bonchev–Trinajstić information content (AvgIpc) is 3.35. The molecule has 0 unspecified atom stereocenters. The summed E-state index contributed by atoms with van der Waals surface area (Å²) < 4.78 is 1.77. The zero-order valence-corrected chi connectivity index (χ0v) is 16.0. The number of piperidine rings is 1. The number of carbonyl (C=O) groups excluding carboxylic acids is 1. The molecule has 3 aliphatic rings. The molecule has 26 heavy (non-hydrogen) atoms. The van der Waals surface area contributed by atoms with Gasteiger partial charge in [0.15, 0.2) is 0 Å². The Hall–Kier alpha value is -1.62. The van der Waals surface area contributed by atoms with Crippen LogP contribution in [-0.2, 0) is 0 Å². The highest BCUT2D eigenvalue weighted by molar-refractivity contribution is 5.95. The molecule has 4 rings (SSSR count). The standard InChI is InChI=1S/C21H31N3O2/c1-16-6-15-24(18-4-5-18)21(26)19(16)20(25)23-13-8-17(9-14-23)7-12-22-10-2-3-11-22/h6,15,17-18H,2-5,7-14H2,1H3. The smallest absolute Gasteiger partial charge is 0.263 e. The predicted octanol–water partition coefficient (Wildman–Crippen LogP) is 2.83. The van der Waals surface area contributed by atoms with Crippen LogP contribution >= 0.6 is 0 Å². The van der Waals surface area contributed by atoms with Crippen molar-refractivity contribution in [2.24, 2.45) is 5.92 Å². The van der Waals surface area contributed by atoms with Crippen molar-refractivity contribution in [3.05, 3.63) is 33.7 Å². The number of hydrogen-bond donors (Lipinski definition) is 0. The number of likely N-dealkylation sites (tertiary alicyclic amines) is 2. The summed E-state index contributed by atoms with van der Waals surface area (Å²) in [7, 11) is 0. The van der Waals surface area contributed by atoms with E-state index in [0.29, 0.717) is 11.6 Å². The maximum atomic E-state index is 13.0. The number of aromatic nitrogens is 1.